The van der Waals surface area contributed by atoms with Crippen molar-refractivity contribution in [3.05, 3.63) is 72.9 Å². The van der Waals surface area contributed by atoms with Crippen molar-refractivity contribution < 1.29 is 9.59 Å². The molecule has 0 fully saturated rings. The van der Waals surface area contributed by atoms with E-state index >= 15 is 0 Å². The third-order valence-corrected chi connectivity index (χ3v) is 4.38. The predicted molar refractivity (Wildman–Crippen MR) is 137 cm³/mol. The molecular weight excluding hydrogens is 398 g/mol. The summed E-state index contributed by atoms with van der Waals surface area (Å²) in [5, 5.41) is 2.85. The van der Waals surface area contributed by atoms with Crippen LogP contribution in [0, 0.1) is 0 Å². The number of nitrogens with two attached hydrogens (primary N) is 1. The molecule has 0 saturated carbocycles. The number of nitrogens with zero attached hydrogens (tertiary/aromatic N) is 1. The number of hydrogen-bond acceptors (Lipinski definition) is 3. The lowest BCUT2D eigenvalue weighted by molar-refractivity contribution is -0.121. The molecule has 0 aliphatic heterocycles. The SMILES string of the molecule is CC/C=C\C/C=C\C/C=C\C/C=C\C/C=C\C/C=C\CCC(=O)NCCN(C)CC(N)=O. The second-order valence-electron chi connectivity index (χ2n) is 7.51. The minimum Gasteiger partial charge on any atom is -0.369 e. The highest BCUT2D eigenvalue weighted by Gasteiger charge is 2.03. The summed E-state index contributed by atoms with van der Waals surface area (Å²) in [5.74, 6) is -0.339. The van der Waals surface area contributed by atoms with Gasteiger partial charge in [0.25, 0.3) is 0 Å². The predicted octanol–water partition coefficient (Wildman–Crippen LogP) is 5.00. The second kappa shape index (κ2) is 23.0. The van der Waals surface area contributed by atoms with Gasteiger partial charge in [-0.1, -0.05) is 79.8 Å². The Bertz CT molecular complexity index is 658. The van der Waals surface area contributed by atoms with Gasteiger partial charge >= 0.3 is 0 Å². The molecule has 0 saturated heterocycles. The zero-order valence-corrected chi connectivity index (χ0v) is 20.0. The lowest BCUT2D eigenvalue weighted by Gasteiger charge is -2.14. The molecule has 0 unspecified atom stereocenters. The quantitative estimate of drug-likeness (QED) is 0.277. The second-order valence-corrected chi connectivity index (χ2v) is 7.51. The van der Waals surface area contributed by atoms with Gasteiger partial charge in [0.05, 0.1) is 6.54 Å². The largest absolute Gasteiger partial charge is 0.369 e. The van der Waals surface area contributed by atoms with Crippen LogP contribution in [0.1, 0.15) is 58.3 Å². The zero-order chi connectivity index (χ0) is 23.7. The molecule has 0 aromatic rings. The first-order valence-corrected chi connectivity index (χ1v) is 11.7. The summed E-state index contributed by atoms with van der Waals surface area (Å²) < 4.78 is 0. The van der Waals surface area contributed by atoms with Crippen molar-refractivity contribution in [1.29, 1.82) is 0 Å². The van der Waals surface area contributed by atoms with Gasteiger partial charge in [0.15, 0.2) is 0 Å². The van der Waals surface area contributed by atoms with Gasteiger partial charge in [0, 0.05) is 19.5 Å². The highest BCUT2D eigenvalue weighted by Crippen LogP contribution is 1.97. The maximum atomic E-state index is 11.7. The van der Waals surface area contributed by atoms with Crippen LogP contribution in [0.2, 0.25) is 0 Å². The molecule has 0 aliphatic carbocycles. The summed E-state index contributed by atoms with van der Waals surface area (Å²) in [7, 11) is 1.80. The Morgan fingerprint density at radius 3 is 1.62 bits per heavy atom. The van der Waals surface area contributed by atoms with Crippen LogP contribution in [0.4, 0.5) is 0 Å². The van der Waals surface area contributed by atoms with Crippen LogP contribution in [-0.2, 0) is 9.59 Å². The number of hydrogen-bond donors (Lipinski definition) is 2. The molecule has 178 valence electrons. The summed E-state index contributed by atoms with van der Waals surface area (Å²) in [6.45, 7) is 3.48. The van der Waals surface area contributed by atoms with Crippen molar-refractivity contribution in [3.63, 3.8) is 0 Å². The maximum Gasteiger partial charge on any atom is 0.231 e. The maximum absolute atomic E-state index is 11.7. The summed E-state index contributed by atoms with van der Waals surface area (Å²) in [4.78, 5) is 24.3. The van der Waals surface area contributed by atoms with Crippen molar-refractivity contribution in [3.8, 4) is 0 Å². The summed E-state index contributed by atoms with van der Waals surface area (Å²) in [6, 6.07) is 0. The van der Waals surface area contributed by atoms with Crippen molar-refractivity contribution in [1.82, 2.24) is 10.2 Å². The van der Waals surface area contributed by atoms with Crippen LogP contribution in [0.5, 0.6) is 0 Å². The van der Waals surface area contributed by atoms with Crippen LogP contribution in [-0.4, -0.2) is 43.4 Å². The number of rotatable bonds is 19. The fourth-order valence-corrected chi connectivity index (χ4v) is 2.67. The Labute approximate surface area is 195 Å². The third kappa shape index (κ3) is 23.6. The molecule has 0 spiro atoms. The first-order chi connectivity index (χ1) is 15.6. The van der Waals surface area contributed by atoms with Crippen LogP contribution in [0.25, 0.3) is 0 Å². The van der Waals surface area contributed by atoms with Crippen molar-refractivity contribution in [2.75, 3.05) is 26.7 Å². The van der Waals surface area contributed by atoms with Crippen molar-refractivity contribution in [2.24, 2.45) is 5.73 Å². The highest BCUT2D eigenvalue weighted by molar-refractivity contribution is 5.76. The van der Waals surface area contributed by atoms with Crippen LogP contribution >= 0.6 is 0 Å². The molecule has 32 heavy (non-hydrogen) atoms. The van der Waals surface area contributed by atoms with Gasteiger partial charge in [0.1, 0.15) is 0 Å². The van der Waals surface area contributed by atoms with Gasteiger partial charge in [0.2, 0.25) is 11.8 Å². The molecule has 2 amide bonds. The summed E-state index contributed by atoms with van der Waals surface area (Å²) in [6.07, 6.45) is 33.1. The summed E-state index contributed by atoms with van der Waals surface area (Å²) in [5.41, 5.74) is 5.12. The number of primary amides is 1. The molecule has 0 radical (unpaired) electrons. The van der Waals surface area contributed by atoms with E-state index in [1.807, 2.05) is 6.08 Å². The van der Waals surface area contributed by atoms with Gasteiger partial charge in [-0.15, -0.1) is 0 Å². The van der Waals surface area contributed by atoms with Crippen LogP contribution < -0.4 is 11.1 Å². The molecular formula is C27H43N3O2. The topological polar surface area (TPSA) is 75.4 Å². The molecule has 5 heteroatoms. The molecule has 0 atom stereocenters. The normalized spacial score (nSPS) is 12.7. The number of likely N-dealkylation sites (N-methyl/N-ethyl adjacent to an activating group) is 1. The lowest BCUT2D eigenvalue weighted by Crippen LogP contribution is -2.37. The number of nitrogens with one attached hydrogen (secondary N) is 1. The molecule has 0 rings (SSSR count). The lowest BCUT2D eigenvalue weighted by atomic mass is 10.2. The Morgan fingerprint density at radius 1 is 0.750 bits per heavy atom. The van der Waals surface area contributed by atoms with E-state index in [2.05, 4.69) is 79.1 Å². The molecule has 0 aromatic carbocycles. The Kier molecular flexibility index (Phi) is 21.1. The molecule has 0 heterocycles. The number of carbonyl (C=O) groups is 2. The monoisotopic (exact) mass is 441 g/mol. The molecule has 0 aliphatic rings. The average Bonchev–Trinajstić information content (AvgIpc) is 2.74. The van der Waals surface area contributed by atoms with Gasteiger partial charge in [-0.25, -0.2) is 0 Å². The Balaban J connectivity index is 3.62. The molecule has 5 nitrogen and oxygen atoms in total. The number of carbonyl (C=O) groups excluding carboxylic acids is 2. The van der Waals surface area contributed by atoms with E-state index in [4.69, 9.17) is 5.73 Å². The molecule has 0 aromatic heterocycles. The third-order valence-electron chi connectivity index (χ3n) is 4.38. The van der Waals surface area contributed by atoms with Gasteiger partial charge < -0.3 is 11.1 Å². The highest BCUT2D eigenvalue weighted by atomic mass is 16.2. The van der Waals surface area contributed by atoms with E-state index in [-0.39, 0.29) is 18.4 Å². The van der Waals surface area contributed by atoms with E-state index in [0.29, 0.717) is 19.5 Å². The first kappa shape index (κ1) is 29.3. The van der Waals surface area contributed by atoms with Crippen LogP contribution in [0.3, 0.4) is 0 Å². The number of amides is 2. The summed E-state index contributed by atoms with van der Waals surface area (Å²) >= 11 is 0. The molecule has 3 N–H and O–H groups in total. The molecule has 0 bridgehead atoms. The number of allylic oxidation sites excluding steroid dienone is 12. The van der Waals surface area contributed by atoms with Gasteiger partial charge in [-0.3, -0.25) is 14.5 Å². The fourth-order valence-electron chi connectivity index (χ4n) is 2.67. The van der Waals surface area contributed by atoms with Crippen molar-refractivity contribution in [2.45, 2.75) is 58.3 Å². The fraction of sp³-hybridized carbons (Fsp3) is 0.481. The minimum absolute atomic E-state index is 0.0250. The minimum atomic E-state index is -0.364. The van der Waals surface area contributed by atoms with E-state index in [1.165, 1.54) is 0 Å². The standard InChI is InChI=1S/C27H43N3O2/c1-3-4-5-6-7-8-9-10-11-12-13-14-15-16-17-18-19-20-21-22-27(32)29-23-24-30(2)25-26(28)31/h4-5,7-8,10-11,13-14,16-17,19-20H,3,6,9,12,15,18,21-25H2,1-2H3,(H2,28,31)(H,29,32)/b5-4-,8-7-,11-10-,14-13-,17-16-,20-19-. The van der Waals surface area contributed by atoms with Crippen LogP contribution in [0.15, 0.2) is 72.9 Å². The Morgan fingerprint density at radius 2 is 1.19 bits per heavy atom. The van der Waals surface area contributed by atoms with E-state index in [9.17, 15) is 9.59 Å². The first-order valence-electron chi connectivity index (χ1n) is 11.7. The smallest absolute Gasteiger partial charge is 0.231 e. The van der Waals surface area contributed by atoms with E-state index in [1.54, 1.807) is 11.9 Å². The van der Waals surface area contributed by atoms with Gasteiger partial charge in [-0.2, -0.15) is 0 Å². The van der Waals surface area contributed by atoms with Gasteiger partial charge in [-0.05, 0) is 52.0 Å². The zero-order valence-electron chi connectivity index (χ0n) is 20.0. The van der Waals surface area contributed by atoms with E-state index < -0.39 is 0 Å². The van der Waals surface area contributed by atoms with Crippen molar-refractivity contribution >= 4 is 11.8 Å². The Hall–Kier alpha value is -2.66. The van der Waals surface area contributed by atoms with E-state index in [0.717, 1.165) is 44.9 Å². The average molecular weight is 442 g/mol.